The second-order valence-corrected chi connectivity index (χ2v) is 6.99. The number of aromatic nitrogens is 2. The van der Waals surface area contributed by atoms with Gasteiger partial charge in [-0.15, -0.1) is 0 Å². The number of ether oxygens (including phenoxy) is 2. The predicted octanol–water partition coefficient (Wildman–Crippen LogP) is 3.70. The van der Waals surface area contributed by atoms with Crippen LogP contribution in [-0.4, -0.2) is 35.6 Å². The van der Waals surface area contributed by atoms with E-state index < -0.39 is 5.97 Å². The number of rotatable bonds is 10. The van der Waals surface area contributed by atoms with E-state index in [0.29, 0.717) is 35.5 Å². The van der Waals surface area contributed by atoms with Crippen LogP contribution in [0.15, 0.2) is 48.7 Å². The average Bonchev–Trinajstić information content (AvgIpc) is 3.21. The second-order valence-electron chi connectivity index (χ2n) is 6.99. The predicted molar refractivity (Wildman–Crippen MR) is 122 cm³/mol. The van der Waals surface area contributed by atoms with Crippen LogP contribution in [0.25, 0.3) is 0 Å². The van der Waals surface area contributed by atoms with E-state index in [4.69, 9.17) is 9.47 Å². The lowest BCUT2D eigenvalue weighted by molar-refractivity contribution is 0.0524. The lowest BCUT2D eigenvalue weighted by Gasteiger charge is -2.09. The van der Waals surface area contributed by atoms with Crippen LogP contribution in [0.1, 0.15) is 51.6 Å². The molecule has 2 aromatic heterocycles. The highest BCUT2D eigenvalue weighted by Gasteiger charge is 2.26. The Balaban J connectivity index is 1.84. The molecule has 0 aliphatic carbocycles. The topological polar surface area (TPSA) is 105 Å². The molecule has 8 heteroatoms. The van der Waals surface area contributed by atoms with Crippen LogP contribution >= 0.6 is 0 Å². The van der Waals surface area contributed by atoms with Crippen molar-refractivity contribution in [2.45, 2.75) is 33.4 Å². The van der Waals surface area contributed by atoms with E-state index in [9.17, 15) is 9.59 Å². The Morgan fingerprint density at radius 3 is 2.47 bits per heavy atom. The van der Waals surface area contributed by atoms with E-state index in [1.54, 1.807) is 20.2 Å². The summed E-state index contributed by atoms with van der Waals surface area (Å²) in [7, 11) is 1.61. The minimum absolute atomic E-state index is 0.250. The third-order valence-corrected chi connectivity index (χ3v) is 4.96. The highest BCUT2D eigenvalue weighted by molar-refractivity contribution is 6.00. The van der Waals surface area contributed by atoms with Crippen LogP contribution in [-0.2, 0) is 24.2 Å². The van der Waals surface area contributed by atoms with E-state index in [1.807, 2.05) is 49.4 Å². The maximum Gasteiger partial charge on any atom is 0.340 e. The van der Waals surface area contributed by atoms with Gasteiger partial charge in [0.25, 0.3) is 5.91 Å². The number of carbonyl (C=O) groups is 2. The monoisotopic (exact) mass is 436 g/mol. The lowest BCUT2D eigenvalue weighted by atomic mass is 10.1. The summed E-state index contributed by atoms with van der Waals surface area (Å²) < 4.78 is 10.5. The van der Waals surface area contributed by atoms with Crippen molar-refractivity contribution in [3.63, 3.8) is 0 Å². The van der Waals surface area contributed by atoms with E-state index in [0.717, 1.165) is 17.1 Å². The Kier molecular flexibility index (Phi) is 7.85. The van der Waals surface area contributed by atoms with Crippen molar-refractivity contribution in [2.75, 3.05) is 19.0 Å². The summed E-state index contributed by atoms with van der Waals surface area (Å²) in [6.07, 6.45) is 2.18. The summed E-state index contributed by atoms with van der Waals surface area (Å²) in [5.74, 6) is 0.00687. The quantitative estimate of drug-likeness (QED) is 0.419. The zero-order chi connectivity index (χ0) is 22.9. The SMILES string of the molecule is CCOC(=O)c1c(CNc2ccc(OC)cc2)[nH]c(C(=O)NCc2ccccn2)c1CC. The molecule has 3 rings (SSSR count). The van der Waals surface area contributed by atoms with Gasteiger partial charge in [-0.2, -0.15) is 0 Å². The van der Waals surface area contributed by atoms with Gasteiger partial charge in [0, 0.05) is 17.6 Å². The Bertz CT molecular complexity index is 1050. The molecule has 168 valence electrons. The minimum Gasteiger partial charge on any atom is -0.497 e. The minimum atomic E-state index is -0.448. The zero-order valence-corrected chi connectivity index (χ0v) is 18.5. The molecule has 3 N–H and O–H groups in total. The summed E-state index contributed by atoms with van der Waals surface area (Å²) in [6.45, 7) is 4.52. The van der Waals surface area contributed by atoms with Crippen molar-refractivity contribution in [3.05, 3.63) is 76.9 Å². The molecule has 32 heavy (non-hydrogen) atoms. The van der Waals surface area contributed by atoms with Crippen LogP contribution < -0.4 is 15.4 Å². The maximum absolute atomic E-state index is 12.9. The first-order valence-corrected chi connectivity index (χ1v) is 10.5. The van der Waals surface area contributed by atoms with Gasteiger partial charge in [0.1, 0.15) is 11.4 Å². The summed E-state index contributed by atoms with van der Waals surface area (Å²) in [5, 5.41) is 6.14. The van der Waals surface area contributed by atoms with Gasteiger partial charge < -0.3 is 25.1 Å². The fraction of sp³-hybridized carbons (Fsp3) is 0.292. The van der Waals surface area contributed by atoms with Crippen molar-refractivity contribution in [3.8, 4) is 5.75 Å². The molecule has 1 aromatic carbocycles. The Labute approximate surface area is 187 Å². The van der Waals surface area contributed by atoms with Gasteiger partial charge in [-0.3, -0.25) is 9.78 Å². The van der Waals surface area contributed by atoms with Crippen molar-refractivity contribution < 1.29 is 19.1 Å². The molecule has 0 saturated heterocycles. The van der Waals surface area contributed by atoms with Crippen LogP contribution in [0.4, 0.5) is 5.69 Å². The summed E-state index contributed by atoms with van der Waals surface area (Å²) in [4.78, 5) is 33.0. The lowest BCUT2D eigenvalue weighted by Crippen LogP contribution is -2.24. The number of nitrogens with one attached hydrogen (secondary N) is 3. The van der Waals surface area contributed by atoms with Crippen molar-refractivity contribution in [2.24, 2.45) is 0 Å². The molecule has 0 saturated carbocycles. The van der Waals surface area contributed by atoms with E-state index in [2.05, 4.69) is 20.6 Å². The number of benzene rings is 1. The van der Waals surface area contributed by atoms with E-state index in [-0.39, 0.29) is 19.1 Å². The van der Waals surface area contributed by atoms with E-state index in [1.165, 1.54) is 0 Å². The van der Waals surface area contributed by atoms with Crippen LogP contribution in [0.2, 0.25) is 0 Å². The highest BCUT2D eigenvalue weighted by Crippen LogP contribution is 2.23. The highest BCUT2D eigenvalue weighted by atomic mass is 16.5. The molecular formula is C24H28N4O4. The van der Waals surface area contributed by atoms with Crippen molar-refractivity contribution >= 4 is 17.6 Å². The maximum atomic E-state index is 12.9. The smallest absolute Gasteiger partial charge is 0.340 e. The standard InChI is InChI=1S/C24H28N4O4/c1-4-19-21(24(30)32-5-2)20(15-26-16-9-11-18(31-3)12-10-16)28-22(19)23(29)27-14-17-8-6-7-13-25-17/h6-13,26,28H,4-5,14-15H2,1-3H3,(H,27,29). The number of aromatic amines is 1. The molecule has 0 unspecified atom stereocenters. The summed E-state index contributed by atoms with van der Waals surface area (Å²) in [5.41, 5.74) is 3.59. The van der Waals surface area contributed by atoms with Crippen LogP contribution in [0.3, 0.4) is 0 Å². The molecule has 0 spiro atoms. The molecule has 0 bridgehead atoms. The average molecular weight is 437 g/mol. The fourth-order valence-corrected chi connectivity index (χ4v) is 3.39. The Morgan fingerprint density at radius 1 is 1.06 bits per heavy atom. The molecule has 0 aliphatic rings. The number of methoxy groups -OCH3 is 1. The number of H-pyrrole nitrogens is 1. The molecular weight excluding hydrogens is 408 g/mol. The zero-order valence-electron chi connectivity index (χ0n) is 18.5. The second kappa shape index (κ2) is 11.0. The van der Waals surface area contributed by atoms with Gasteiger partial charge in [-0.1, -0.05) is 13.0 Å². The molecule has 2 heterocycles. The number of carbonyl (C=O) groups excluding carboxylic acids is 2. The van der Waals surface area contributed by atoms with Crippen molar-refractivity contribution in [1.82, 2.24) is 15.3 Å². The number of nitrogens with zero attached hydrogens (tertiary/aromatic N) is 1. The number of pyridine rings is 1. The molecule has 0 fully saturated rings. The summed E-state index contributed by atoms with van der Waals surface area (Å²) in [6, 6.07) is 13.0. The molecule has 0 atom stereocenters. The number of hydrogen-bond acceptors (Lipinski definition) is 6. The van der Waals surface area contributed by atoms with Gasteiger partial charge in [0.15, 0.2) is 0 Å². The Morgan fingerprint density at radius 2 is 1.84 bits per heavy atom. The first kappa shape index (κ1) is 22.9. The van der Waals surface area contributed by atoms with Gasteiger partial charge in [-0.25, -0.2) is 4.79 Å². The molecule has 0 aliphatic heterocycles. The van der Waals surface area contributed by atoms with Gasteiger partial charge >= 0.3 is 5.97 Å². The molecule has 3 aromatic rings. The van der Waals surface area contributed by atoms with Gasteiger partial charge in [0.05, 0.1) is 38.1 Å². The van der Waals surface area contributed by atoms with Crippen molar-refractivity contribution in [1.29, 1.82) is 0 Å². The molecule has 8 nitrogen and oxygen atoms in total. The fourth-order valence-electron chi connectivity index (χ4n) is 3.39. The third-order valence-electron chi connectivity index (χ3n) is 4.96. The van der Waals surface area contributed by atoms with Gasteiger partial charge in [0.2, 0.25) is 0 Å². The number of hydrogen-bond donors (Lipinski definition) is 3. The Hall–Kier alpha value is -3.81. The summed E-state index contributed by atoms with van der Waals surface area (Å²) >= 11 is 0. The normalized spacial score (nSPS) is 10.5. The number of esters is 1. The number of amides is 1. The first-order chi connectivity index (χ1) is 15.6. The first-order valence-electron chi connectivity index (χ1n) is 10.5. The van der Waals surface area contributed by atoms with E-state index >= 15 is 0 Å². The molecule has 1 amide bonds. The molecule has 0 radical (unpaired) electrons. The number of anilines is 1. The van der Waals surface area contributed by atoms with Crippen LogP contribution in [0.5, 0.6) is 5.75 Å². The third kappa shape index (κ3) is 5.46. The largest absolute Gasteiger partial charge is 0.497 e. The van der Waals surface area contributed by atoms with Crippen LogP contribution in [0, 0.1) is 0 Å². The van der Waals surface area contributed by atoms with Gasteiger partial charge in [-0.05, 0) is 55.3 Å².